The molecule has 0 spiro atoms. The molecule has 1 aliphatic carbocycles. The summed E-state index contributed by atoms with van der Waals surface area (Å²) in [5, 5.41) is 8.32. The highest BCUT2D eigenvalue weighted by molar-refractivity contribution is 9.10. The summed E-state index contributed by atoms with van der Waals surface area (Å²) in [6.07, 6.45) is 4.61. The Morgan fingerprint density at radius 1 is 0.959 bits per heavy atom. The summed E-state index contributed by atoms with van der Waals surface area (Å²) >= 11 is 2.87. The van der Waals surface area contributed by atoms with E-state index in [1.54, 1.807) is 40.0 Å². The quantitative estimate of drug-likeness (QED) is 0.137. The van der Waals surface area contributed by atoms with Crippen LogP contribution in [0.2, 0.25) is 0 Å². The second-order valence-corrected chi connectivity index (χ2v) is 13.6. The highest BCUT2D eigenvalue weighted by Crippen LogP contribution is 2.38. The average Bonchev–Trinajstić information content (AvgIpc) is 3.80. The van der Waals surface area contributed by atoms with Crippen molar-refractivity contribution in [1.29, 1.82) is 0 Å². The van der Waals surface area contributed by atoms with E-state index in [0.717, 1.165) is 30.0 Å². The van der Waals surface area contributed by atoms with Gasteiger partial charge in [0.05, 0.1) is 28.4 Å². The molecule has 4 aromatic carbocycles. The summed E-state index contributed by atoms with van der Waals surface area (Å²) in [5.41, 5.74) is 11.7. The van der Waals surface area contributed by atoms with Crippen LogP contribution in [0.1, 0.15) is 74.3 Å². The van der Waals surface area contributed by atoms with Crippen molar-refractivity contribution < 1.29 is 18.4 Å². The van der Waals surface area contributed by atoms with Crippen molar-refractivity contribution in [3.05, 3.63) is 135 Å². The number of nitrogens with zero attached hydrogens (tertiary/aromatic N) is 5. The van der Waals surface area contributed by atoms with Gasteiger partial charge < -0.3 is 15.5 Å². The lowest BCUT2D eigenvalue weighted by Crippen LogP contribution is -2.39. The maximum atomic E-state index is 14.4. The van der Waals surface area contributed by atoms with Crippen LogP contribution >= 0.6 is 15.9 Å². The molecule has 2 amide bonds. The number of amides is 2. The van der Waals surface area contributed by atoms with Crippen LogP contribution in [0.5, 0.6) is 0 Å². The zero-order chi connectivity index (χ0) is 34.2. The third kappa shape index (κ3) is 6.47. The molecular weight excluding hydrogens is 690 g/mol. The van der Waals surface area contributed by atoms with E-state index < -0.39 is 11.6 Å². The normalized spacial score (nSPS) is 16.1. The van der Waals surface area contributed by atoms with Crippen molar-refractivity contribution in [2.75, 3.05) is 18.8 Å². The molecule has 0 bridgehead atoms. The Labute approximate surface area is 291 Å². The number of aryl methyl sites for hydroxylation is 2. The first-order chi connectivity index (χ1) is 23.7. The summed E-state index contributed by atoms with van der Waals surface area (Å²) in [5.74, 6) is -1.91. The number of likely N-dealkylation sites (tertiary alicyclic amines) is 1. The molecule has 8 nitrogen and oxygen atoms in total. The Kier molecular flexibility index (Phi) is 9.02. The fourth-order valence-corrected chi connectivity index (χ4v) is 7.27. The number of nitrogens with two attached hydrogens (primary N) is 1. The lowest BCUT2D eigenvalue weighted by Gasteiger charge is -2.32. The minimum Gasteiger partial charge on any atom is -0.396 e. The highest BCUT2D eigenvalue weighted by atomic mass is 79.9. The number of piperidine rings is 1. The topological polar surface area (TPSA) is 97.4 Å². The zero-order valence-corrected chi connectivity index (χ0v) is 28.5. The first kappa shape index (κ1) is 32.6. The number of carbonyl (C=O) groups is 2. The van der Waals surface area contributed by atoms with E-state index in [1.807, 2.05) is 24.0 Å². The number of hydrogen-bond donors (Lipinski definition) is 1. The van der Waals surface area contributed by atoms with Gasteiger partial charge in [0.25, 0.3) is 11.8 Å². The number of aromatic nitrogens is 3. The molecule has 0 radical (unpaired) electrons. The molecule has 0 saturated carbocycles. The molecule has 250 valence electrons. The Hall–Kier alpha value is -4.90. The van der Waals surface area contributed by atoms with Crippen molar-refractivity contribution in [3.8, 4) is 11.3 Å². The summed E-state index contributed by atoms with van der Waals surface area (Å²) in [4.78, 5) is 31.7. The molecule has 7 rings (SSSR count). The SMILES string of the molecule is Cc1ccc(CN(C(=O)c2cccc(C(=O)N3CCC(n4cc(-c5cc(F)c(Br)c(F)c5N)nn4)CC3)c2)C2CCc3ccccc32)cc1. The standard InChI is InChI=1S/C38H35BrF2N6O2/c1-23-9-11-24(12-10-23)21-46(33-14-13-25-5-2-3-8-29(25)33)38(49)27-7-4-6-26(19-27)37(48)45-17-15-28(16-18-45)47-22-32(43-44-47)30-20-31(40)34(39)35(41)36(30)42/h2-12,19-20,22,28,33H,13-18,21,42H2,1H3. The van der Waals surface area contributed by atoms with E-state index in [4.69, 9.17) is 5.73 Å². The molecule has 1 aromatic heterocycles. The molecule has 1 aliphatic heterocycles. The van der Waals surface area contributed by atoms with Gasteiger partial charge in [0.15, 0.2) is 5.82 Å². The van der Waals surface area contributed by atoms with Gasteiger partial charge in [-0.05, 0) is 89.5 Å². The molecule has 1 unspecified atom stereocenters. The Balaban J connectivity index is 1.06. The molecule has 2 heterocycles. The first-order valence-corrected chi connectivity index (χ1v) is 17.2. The minimum absolute atomic E-state index is 0.0565. The van der Waals surface area contributed by atoms with Crippen molar-refractivity contribution in [2.45, 2.75) is 51.2 Å². The number of benzene rings is 4. The number of carbonyl (C=O) groups excluding carboxylic acids is 2. The molecule has 2 aliphatic rings. The Morgan fingerprint density at radius 3 is 2.47 bits per heavy atom. The van der Waals surface area contributed by atoms with E-state index in [2.05, 4.69) is 62.6 Å². The molecule has 1 atom stereocenters. The van der Waals surface area contributed by atoms with Gasteiger partial charge in [-0.25, -0.2) is 13.5 Å². The van der Waals surface area contributed by atoms with Crippen LogP contribution in [0.15, 0.2) is 89.5 Å². The fraction of sp³-hybridized carbons (Fsp3) is 0.263. The van der Waals surface area contributed by atoms with Crippen molar-refractivity contribution in [3.63, 3.8) is 0 Å². The number of anilines is 1. The average molecular weight is 726 g/mol. The molecule has 1 fully saturated rings. The third-order valence-corrected chi connectivity index (χ3v) is 10.4. The van der Waals surface area contributed by atoms with Gasteiger partial charge in [-0.3, -0.25) is 9.59 Å². The molecular formula is C38H35BrF2N6O2. The van der Waals surface area contributed by atoms with Crippen LogP contribution in [-0.4, -0.2) is 49.7 Å². The van der Waals surface area contributed by atoms with Gasteiger partial charge in [0.2, 0.25) is 0 Å². The maximum Gasteiger partial charge on any atom is 0.254 e. The molecule has 5 aromatic rings. The Bertz CT molecular complexity index is 2040. The van der Waals surface area contributed by atoms with Crippen molar-refractivity contribution >= 4 is 33.4 Å². The number of rotatable bonds is 7. The minimum atomic E-state index is -0.884. The van der Waals surface area contributed by atoms with E-state index in [0.29, 0.717) is 43.6 Å². The zero-order valence-electron chi connectivity index (χ0n) is 27.0. The van der Waals surface area contributed by atoms with Gasteiger partial charge in [0.1, 0.15) is 11.5 Å². The van der Waals surface area contributed by atoms with Gasteiger partial charge >= 0.3 is 0 Å². The number of fused-ring (bicyclic) bond motifs is 1. The van der Waals surface area contributed by atoms with Crippen LogP contribution in [0.4, 0.5) is 14.5 Å². The van der Waals surface area contributed by atoms with E-state index in [1.165, 1.54) is 11.1 Å². The van der Waals surface area contributed by atoms with Gasteiger partial charge in [-0.1, -0.05) is 65.4 Å². The molecule has 1 saturated heterocycles. The molecule has 2 N–H and O–H groups in total. The second-order valence-electron chi connectivity index (χ2n) is 12.8. The van der Waals surface area contributed by atoms with Crippen molar-refractivity contribution in [2.24, 2.45) is 0 Å². The predicted molar refractivity (Wildman–Crippen MR) is 187 cm³/mol. The number of nitrogen functional groups attached to an aromatic ring is 1. The lowest BCUT2D eigenvalue weighted by atomic mass is 10.0. The number of halogens is 3. The summed E-state index contributed by atoms with van der Waals surface area (Å²) < 4.78 is 29.9. The Morgan fingerprint density at radius 2 is 1.69 bits per heavy atom. The predicted octanol–water partition coefficient (Wildman–Crippen LogP) is 7.68. The monoisotopic (exact) mass is 724 g/mol. The molecule has 49 heavy (non-hydrogen) atoms. The largest absolute Gasteiger partial charge is 0.396 e. The van der Waals surface area contributed by atoms with E-state index in [9.17, 15) is 18.4 Å². The van der Waals surface area contributed by atoms with Crippen LogP contribution in [0.3, 0.4) is 0 Å². The maximum absolute atomic E-state index is 14.4. The van der Waals surface area contributed by atoms with Crippen LogP contribution < -0.4 is 5.73 Å². The fourth-order valence-electron chi connectivity index (χ4n) is 6.94. The second kappa shape index (κ2) is 13.5. The van der Waals surface area contributed by atoms with E-state index >= 15 is 0 Å². The highest BCUT2D eigenvalue weighted by Gasteiger charge is 2.32. The van der Waals surface area contributed by atoms with Crippen LogP contribution in [0, 0.1) is 18.6 Å². The number of hydrogen-bond acceptors (Lipinski definition) is 5. The third-order valence-electron chi connectivity index (χ3n) is 9.68. The first-order valence-electron chi connectivity index (χ1n) is 16.4. The van der Waals surface area contributed by atoms with Crippen molar-refractivity contribution in [1.82, 2.24) is 24.8 Å². The van der Waals surface area contributed by atoms with E-state index in [-0.39, 0.29) is 45.3 Å². The van der Waals surface area contributed by atoms with Gasteiger partial charge in [0, 0.05) is 36.3 Å². The summed E-state index contributed by atoms with van der Waals surface area (Å²) in [6.45, 7) is 3.45. The lowest BCUT2D eigenvalue weighted by molar-refractivity contribution is 0.0658. The summed E-state index contributed by atoms with van der Waals surface area (Å²) in [6, 6.07) is 24.6. The van der Waals surface area contributed by atoms with Crippen LogP contribution in [-0.2, 0) is 13.0 Å². The van der Waals surface area contributed by atoms with Crippen LogP contribution in [0.25, 0.3) is 11.3 Å². The summed E-state index contributed by atoms with van der Waals surface area (Å²) in [7, 11) is 0. The molecule has 11 heteroatoms. The van der Waals surface area contributed by atoms with Gasteiger partial charge in [-0.15, -0.1) is 5.10 Å². The smallest absolute Gasteiger partial charge is 0.254 e. The van der Waals surface area contributed by atoms with Gasteiger partial charge in [-0.2, -0.15) is 0 Å².